The van der Waals surface area contributed by atoms with Gasteiger partial charge < -0.3 is 20.1 Å². The van der Waals surface area contributed by atoms with E-state index < -0.39 is 29.6 Å². The van der Waals surface area contributed by atoms with E-state index in [1.165, 1.54) is 7.11 Å². The number of esters is 1. The summed E-state index contributed by atoms with van der Waals surface area (Å²) in [5, 5.41) is 9.34. The summed E-state index contributed by atoms with van der Waals surface area (Å²) >= 11 is 0. The molecule has 0 unspecified atom stereocenters. The van der Waals surface area contributed by atoms with Crippen LogP contribution in [0.3, 0.4) is 0 Å². The number of aromatic nitrogens is 2. The van der Waals surface area contributed by atoms with Crippen LogP contribution in [0.2, 0.25) is 0 Å². The van der Waals surface area contributed by atoms with Gasteiger partial charge in [0.15, 0.2) is 0 Å². The third-order valence-electron chi connectivity index (χ3n) is 4.13. The van der Waals surface area contributed by atoms with Crippen LogP contribution in [0, 0.1) is 0 Å². The number of hydrogen-bond donors (Lipinski definition) is 2. The molecular weight excluding hydrogens is 388 g/mol. The van der Waals surface area contributed by atoms with Crippen LogP contribution in [0.1, 0.15) is 38.8 Å². The molecule has 0 saturated heterocycles. The lowest BCUT2D eigenvalue weighted by Crippen LogP contribution is -2.41. The maximum atomic E-state index is 12.4. The Labute approximate surface area is 175 Å². The smallest absolute Gasteiger partial charge is 0.408 e. The predicted molar refractivity (Wildman–Crippen MR) is 110 cm³/mol. The van der Waals surface area contributed by atoms with E-state index in [9.17, 15) is 14.4 Å². The molecule has 1 atom stereocenters. The number of aryl methyl sites for hydroxylation is 1. The Morgan fingerprint density at radius 3 is 2.53 bits per heavy atom. The number of ether oxygens (including phenoxy) is 2. The Bertz CT molecular complexity index is 901. The van der Waals surface area contributed by atoms with Crippen LogP contribution < -0.4 is 10.6 Å². The minimum atomic E-state index is -0.694. The van der Waals surface area contributed by atoms with Gasteiger partial charge in [-0.3, -0.25) is 14.3 Å². The molecule has 1 aromatic heterocycles. The van der Waals surface area contributed by atoms with Crippen LogP contribution in [0.5, 0.6) is 0 Å². The lowest BCUT2D eigenvalue weighted by molar-refractivity contribution is -0.141. The van der Waals surface area contributed by atoms with E-state index in [0.29, 0.717) is 0 Å². The molecule has 0 radical (unpaired) electrons. The number of carbonyl (C=O) groups excluding carboxylic acids is 3. The van der Waals surface area contributed by atoms with Crippen LogP contribution in [-0.4, -0.2) is 47.0 Å². The van der Waals surface area contributed by atoms with E-state index in [-0.39, 0.29) is 13.0 Å². The van der Waals surface area contributed by atoms with E-state index in [1.807, 2.05) is 37.4 Å². The highest BCUT2D eigenvalue weighted by Gasteiger charge is 2.21. The lowest BCUT2D eigenvalue weighted by atomic mass is 10.00. The van der Waals surface area contributed by atoms with Gasteiger partial charge in [0.05, 0.1) is 25.3 Å². The topological polar surface area (TPSA) is 112 Å². The van der Waals surface area contributed by atoms with Crippen LogP contribution in [0.4, 0.5) is 4.79 Å². The average Bonchev–Trinajstić information content (AvgIpc) is 3.10. The first-order chi connectivity index (χ1) is 14.1. The lowest BCUT2D eigenvalue weighted by Gasteiger charge is -2.21. The summed E-state index contributed by atoms with van der Waals surface area (Å²) in [6.07, 6.45) is 0.946. The molecule has 1 heterocycles. The highest BCUT2D eigenvalue weighted by molar-refractivity contribution is 5.83. The Morgan fingerprint density at radius 2 is 1.93 bits per heavy atom. The molecular formula is C21H28N4O5. The molecule has 0 aliphatic heterocycles. The van der Waals surface area contributed by atoms with E-state index >= 15 is 0 Å². The Hall–Kier alpha value is -3.36. The van der Waals surface area contributed by atoms with Gasteiger partial charge in [0, 0.05) is 18.8 Å². The summed E-state index contributed by atoms with van der Waals surface area (Å²) in [5.41, 5.74) is 1.85. The fourth-order valence-electron chi connectivity index (χ4n) is 2.79. The summed E-state index contributed by atoms with van der Waals surface area (Å²) in [7, 11) is 3.12. The number of rotatable bonds is 7. The van der Waals surface area contributed by atoms with Gasteiger partial charge in [0.2, 0.25) is 5.91 Å². The van der Waals surface area contributed by atoms with Crippen LogP contribution in [0.15, 0.2) is 36.5 Å². The SMILES string of the molecule is COC(=O)C[C@H](NC(=O)CNC(=O)OC(C)(C)C)c1cccc(-c2ccnn2C)c1. The summed E-state index contributed by atoms with van der Waals surface area (Å²) in [4.78, 5) is 36.0. The Morgan fingerprint density at radius 1 is 1.20 bits per heavy atom. The molecule has 0 aliphatic carbocycles. The van der Waals surface area contributed by atoms with E-state index in [2.05, 4.69) is 15.7 Å². The zero-order chi connectivity index (χ0) is 22.3. The number of nitrogens with one attached hydrogen (secondary N) is 2. The maximum Gasteiger partial charge on any atom is 0.408 e. The van der Waals surface area contributed by atoms with E-state index in [1.54, 1.807) is 31.6 Å². The van der Waals surface area contributed by atoms with Gasteiger partial charge in [-0.25, -0.2) is 4.79 Å². The second-order valence-corrected chi connectivity index (χ2v) is 7.72. The van der Waals surface area contributed by atoms with Gasteiger partial charge in [-0.2, -0.15) is 5.10 Å². The highest BCUT2D eigenvalue weighted by atomic mass is 16.6. The Balaban J connectivity index is 2.13. The quantitative estimate of drug-likeness (QED) is 0.670. The monoisotopic (exact) mass is 416 g/mol. The van der Waals surface area contributed by atoms with E-state index in [4.69, 9.17) is 9.47 Å². The van der Waals surface area contributed by atoms with Crippen molar-refractivity contribution in [3.8, 4) is 11.3 Å². The van der Waals surface area contributed by atoms with Gasteiger partial charge in [0.1, 0.15) is 12.1 Å². The summed E-state index contributed by atoms with van der Waals surface area (Å²) in [6.45, 7) is 4.91. The largest absolute Gasteiger partial charge is 0.469 e. The van der Waals surface area contributed by atoms with Crippen LogP contribution in [-0.2, 0) is 26.1 Å². The molecule has 2 aromatic rings. The van der Waals surface area contributed by atoms with Crippen molar-refractivity contribution >= 4 is 18.0 Å². The van der Waals surface area contributed by atoms with Crippen molar-refractivity contribution in [2.75, 3.05) is 13.7 Å². The number of nitrogens with zero attached hydrogens (tertiary/aromatic N) is 2. The molecule has 30 heavy (non-hydrogen) atoms. The van der Waals surface area contributed by atoms with Gasteiger partial charge in [-0.05, 0) is 38.5 Å². The van der Waals surface area contributed by atoms with Crippen molar-refractivity contribution in [1.82, 2.24) is 20.4 Å². The summed E-state index contributed by atoms with van der Waals surface area (Å²) < 4.78 is 11.6. The number of hydrogen-bond acceptors (Lipinski definition) is 6. The van der Waals surface area contributed by atoms with Crippen molar-refractivity contribution in [3.05, 3.63) is 42.1 Å². The van der Waals surface area contributed by atoms with E-state index in [0.717, 1.165) is 16.8 Å². The Kier molecular flexibility index (Phi) is 7.57. The predicted octanol–water partition coefficient (Wildman–Crippen LogP) is 2.33. The summed E-state index contributed by atoms with van der Waals surface area (Å²) in [5.74, 6) is -0.924. The molecule has 0 bridgehead atoms. The maximum absolute atomic E-state index is 12.4. The number of benzene rings is 1. The first-order valence-electron chi connectivity index (χ1n) is 9.50. The molecule has 0 fully saturated rings. The first-order valence-corrected chi connectivity index (χ1v) is 9.50. The minimum absolute atomic E-state index is 0.0521. The summed E-state index contributed by atoms with van der Waals surface area (Å²) in [6, 6.07) is 8.70. The van der Waals surface area contributed by atoms with Gasteiger partial charge in [0.25, 0.3) is 0 Å². The zero-order valence-corrected chi connectivity index (χ0v) is 17.9. The van der Waals surface area contributed by atoms with Gasteiger partial charge in [-0.1, -0.05) is 18.2 Å². The fraction of sp³-hybridized carbons (Fsp3) is 0.429. The number of alkyl carbamates (subject to hydrolysis) is 1. The standard InChI is InChI=1S/C21H28N4O5/c1-21(2,3)30-20(28)22-13-18(26)24-16(12-19(27)29-5)14-7-6-8-15(11-14)17-9-10-23-25(17)4/h6-11,16H,12-13H2,1-5H3,(H,22,28)(H,24,26)/t16-/m0/s1. The molecule has 9 heteroatoms. The van der Waals surface area contributed by atoms with Crippen LogP contribution in [0.25, 0.3) is 11.3 Å². The molecule has 2 amide bonds. The van der Waals surface area contributed by atoms with Crippen molar-refractivity contribution in [2.24, 2.45) is 7.05 Å². The molecule has 2 N–H and O–H groups in total. The number of carbonyl (C=O) groups is 3. The van der Waals surface area contributed by atoms with Crippen molar-refractivity contribution in [1.29, 1.82) is 0 Å². The second-order valence-electron chi connectivity index (χ2n) is 7.72. The minimum Gasteiger partial charge on any atom is -0.469 e. The highest BCUT2D eigenvalue weighted by Crippen LogP contribution is 2.24. The second kappa shape index (κ2) is 9.91. The normalized spacial score (nSPS) is 12.0. The molecule has 2 rings (SSSR count). The molecule has 1 aromatic carbocycles. The first kappa shape index (κ1) is 22.9. The van der Waals surface area contributed by atoms with Crippen molar-refractivity contribution in [2.45, 2.75) is 38.8 Å². The van der Waals surface area contributed by atoms with Gasteiger partial charge >= 0.3 is 12.1 Å². The fourth-order valence-corrected chi connectivity index (χ4v) is 2.79. The van der Waals surface area contributed by atoms with Crippen molar-refractivity contribution < 1.29 is 23.9 Å². The van der Waals surface area contributed by atoms with Crippen molar-refractivity contribution in [3.63, 3.8) is 0 Å². The molecule has 9 nitrogen and oxygen atoms in total. The third-order valence-corrected chi connectivity index (χ3v) is 4.13. The van der Waals surface area contributed by atoms with Crippen LogP contribution >= 0.6 is 0 Å². The average molecular weight is 416 g/mol. The number of amides is 2. The zero-order valence-electron chi connectivity index (χ0n) is 17.9. The van der Waals surface area contributed by atoms with Gasteiger partial charge in [-0.15, -0.1) is 0 Å². The molecule has 0 saturated carbocycles. The number of methoxy groups -OCH3 is 1. The molecule has 0 aliphatic rings. The third kappa shape index (κ3) is 6.91. The molecule has 162 valence electrons. The molecule has 0 spiro atoms.